The van der Waals surface area contributed by atoms with Gasteiger partial charge in [-0.3, -0.25) is 4.90 Å². The lowest BCUT2D eigenvalue weighted by Crippen LogP contribution is -2.62. The second-order valence-corrected chi connectivity index (χ2v) is 8.99. The van der Waals surface area contributed by atoms with E-state index in [-0.39, 0.29) is 17.2 Å². The molecule has 0 saturated carbocycles. The Hall–Kier alpha value is -1.63. The molecule has 7 heteroatoms. The van der Waals surface area contributed by atoms with Crippen LogP contribution >= 0.6 is 0 Å². The topological polar surface area (TPSA) is 70.6 Å². The fourth-order valence-electron chi connectivity index (χ4n) is 3.54. The third-order valence-electron chi connectivity index (χ3n) is 4.37. The maximum absolute atomic E-state index is 12.6. The summed E-state index contributed by atoms with van der Waals surface area (Å²) < 4.78 is 22.9. The highest BCUT2D eigenvalue weighted by Crippen LogP contribution is 2.35. The number of fused-ring (bicyclic) bond motifs is 1. The van der Waals surface area contributed by atoms with Crippen molar-refractivity contribution in [2.75, 3.05) is 36.5 Å². The number of pyridine rings is 1. The van der Waals surface area contributed by atoms with E-state index in [9.17, 15) is 13.2 Å². The molecule has 1 aromatic heterocycles. The molecule has 0 atom stereocenters. The van der Waals surface area contributed by atoms with Gasteiger partial charge in [-0.2, -0.15) is 0 Å². The van der Waals surface area contributed by atoms with Crippen molar-refractivity contribution in [1.82, 2.24) is 9.88 Å². The number of rotatable bonds is 2. The number of anilines is 1. The first kappa shape index (κ1) is 15.3. The number of likely N-dealkylation sites (tertiary alicyclic amines) is 1. The van der Waals surface area contributed by atoms with E-state index in [2.05, 4.69) is 4.98 Å². The van der Waals surface area contributed by atoms with E-state index >= 15 is 0 Å². The Morgan fingerprint density at radius 1 is 1.41 bits per heavy atom. The third-order valence-corrected chi connectivity index (χ3v) is 5.59. The van der Waals surface area contributed by atoms with Crippen molar-refractivity contribution in [3.63, 3.8) is 0 Å². The van der Waals surface area contributed by atoms with Gasteiger partial charge in [-0.05, 0) is 30.5 Å². The predicted octanol–water partition coefficient (Wildman–Crippen LogP) is 1.24. The number of nitrogens with zero attached hydrogens (tertiary/aromatic N) is 3. The first-order valence-electron chi connectivity index (χ1n) is 7.37. The van der Waals surface area contributed by atoms with Crippen molar-refractivity contribution < 1.29 is 13.2 Å². The Labute approximate surface area is 131 Å². The van der Waals surface area contributed by atoms with E-state index in [4.69, 9.17) is 0 Å². The van der Waals surface area contributed by atoms with Gasteiger partial charge in [0.15, 0.2) is 0 Å². The fourth-order valence-corrected chi connectivity index (χ4v) is 4.99. The molecule has 120 valence electrons. The second-order valence-electron chi connectivity index (χ2n) is 6.85. The number of hydrogen-bond acceptors (Lipinski definition) is 4. The number of carbonyl (C=O) groups is 1. The molecule has 6 nitrogen and oxygen atoms in total. The zero-order valence-electron chi connectivity index (χ0n) is 13.2. The number of aromatic nitrogens is 1. The number of carbonyl (C=O) groups excluding carboxylic acids is 1. The van der Waals surface area contributed by atoms with Gasteiger partial charge in [-0.25, -0.2) is 18.2 Å². The van der Waals surface area contributed by atoms with E-state index in [1.54, 1.807) is 16.0 Å². The second kappa shape index (κ2) is 4.94. The number of urea groups is 1. The molecule has 0 unspecified atom stereocenters. The van der Waals surface area contributed by atoms with Gasteiger partial charge in [-0.15, -0.1) is 0 Å². The van der Waals surface area contributed by atoms with Gasteiger partial charge < -0.3 is 4.90 Å². The van der Waals surface area contributed by atoms with Crippen molar-refractivity contribution in [2.45, 2.75) is 20.3 Å². The lowest BCUT2D eigenvalue weighted by Gasteiger charge is -2.48. The van der Waals surface area contributed by atoms with Crippen LogP contribution in [0.3, 0.4) is 0 Å². The highest BCUT2D eigenvalue weighted by atomic mass is 32.2. The third kappa shape index (κ3) is 2.69. The van der Waals surface area contributed by atoms with Gasteiger partial charge in [0.05, 0.1) is 5.75 Å². The molecule has 0 spiro atoms. The van der Waals surface area contributed by atoms with Crippen LogP contribution in [0.1, 0.15) is 18.1 Å². The first-order valence-corrected chi connectivity index (χ1v) is 9.43. The Morgan fingerprint density at radius 3 is 2.73 bits per heavy atom. The highest BCUT2D eigenvalue weighted by Gasteiger charge is 2.45. The quantitative estimate of drug-likeness (QED) is 0.821. The largest absolute Gasteiger partial charge is 0.325 e. The molecule has 3 rings (SSSR count). The molecule has 2 aliphatic rings. The summed E-state index contributed by atoms with van der Waals surface area (Å²) >= 11 is 0. The molecular formula is C15H21N3O3S. The molecule has 0 aliphatic carbocycles. The summed E-state index contributed by atoms with van der Waals surface area (Å²) in [5.41, 5.74) is 1.97. The van der Waals surface area contributed by atoms with Crippen LogP contribution in [0.4, 0.5) is 10.6 Å². The normalized spacial score (nSPS) is 19.8. The molecule has 2 amide bonds. The van der Waals surface area contributed by atoms with Gasteiger partial charge in [0, 0.05) is 37.5 Å². The molecule has 1 fully saturated rings. The maximum atomic E-state index is 12.6. The Kier molecular flexibility index (Phi) is 3.43. The summed E-state index contributed by atoms with van der Waals surface area (Å²) in [5, 5.41) is 0. The van der Waals surface area contributed by atoms with Gasteiger partial charge in [0.1, 0.15) is 15.7 Å². The summed E-state index contributed by atoms with van der Waals surface area (Å²) in [6, 6.07) is 1.89. The summed E-state index contributed by atoms with van der Waals surface area (Å²) in [6.07, 6.45) is 3.80. The smallest absolute Gasteiger partial charge is 0.323 e. The minimum absolute atomic E-state index is 0.0668. The van der Waals surface area contributed by atoms with Crippen molar-refractivity contribution >= 4 is 21.7 Å². The van der Waals surface area contributed by atoms with E-state index in [1.165, 1.54) is 6.26 Å². The number of aryl methyl sites for hydroxylation is 1. The summed E-state index contributed by atoms with van der Waals surface area (Å²) in [5.74, 6) is 0.874. The predicted molar refractivity (Wildman–Crippen MR) is 84.8 cm³/mol. The standard InChI is InChI=1S/C15H21N3O3S/c1-11-4-6-16-13-12(11)5-7-18(13)14(19)17-8-15(2,9-17)10-22(3,20)21/h4,6H,5,7-10H2,1-3H3. The average Bonchev–Trinajstić information content (AvgIpc) is 2.78. The van der Waals surface area contributed by atoms with E-state index in [0.717, 1.165) is 23.4 Å². The molecule has 1 saturated heterocycles. The molecule has 0 radical (unpaired) electrons. The summed E-state index contributed by atoms with van der Waals surface area (Å²) in [7, 11) is -3.03. The highest BCUT2D eigenvalue weighted by molar-refractivity contribution is 7.90. The molecule has 2 aliphatic heterocycles. The van der Waals surface area contributed by atoms with Crippen LogP contribution in [-0.2, 0) is 16.3 Å². The van der Waals surface area contributed by atoms with Crippen LogP contribution in [0.15, 0.2) is 12.3 Å². The van der Waals surface area contributed by atoms with E-state index in [1.807, 2.05) is 19.9 Å². The molecule has 22 heavy (non-hydrogen) atoms. The van der Waals surface area contributed by atoms with Gasteiger partial charge in [0.25, 0.3) is 0 Å². The molecule has 3 heterocycles. The van der Waals surface area contributed by atoms with E-state index in [0.29, 0.717) is 19.6 Å². The minimum atomic E-state index is -3.03. The van der Waals surface area contributed by atoms with Crippen LogP contribution in [-0.4, -0.2) is 56.0 Å². The number of hydrogen-bond donors (Lipinski definition) is 0. The minimum Gasteiger partial charge on any atom is -0.323 e. The first-order chi connectivity index (χ1) is 10.2. The Balaban J connectivity index is 1.70. The average molecular weight is 323 g/mol. The number of amides is 2. The van der Waals surface area contributed by atoms with Crippen LogP contribution in [0, 0.1) is 12.3 Å². The van der Waals surface area contributed by atoms with Crippen LogP contribution in [0.2, 0.25) is 0 Å². The zero-order valence-corrected chi connectivity index (χ0v) is 14.0. The zero-order chi connectivity index (χ0) is 16.1. The summed E-state index contributed by atoms with van der Waals surface area (Å²) in [6.45, 7) is 5.55. The summed E-state index contributed by atoms with van der Waals surface area (Å²) in [4.78, 5) is 20.4. The van der Waals surface area contributed by atoms with E-state index < -0.39 is 9.84 Å². The lowest BCUT2D eigenvalue weighted by molar-refractivity contribution is 0.0679. The molecule has 0 aromatic carbocycles. The molecule has 0 N–H and O–H groups in total. The monoisotopic (exact) mass is 323 g/mol. The Morgan fingerprint density at radius 2 is 2.09 bits per heavy atom. The fraction of sp³-hybridized carbons (Fsp3) is 0.600. The van der Waals surface area contributed by atoms with Crippen LogP contribution in [0.25, 0.3) is 0 Å². The SMILES string of the molecule is Cc1ccnc2c1CCN2C(=O)N1CC(C)(CS(C)(=O)=O)C1. The Bertz CT molecular complexity index is 724. The van der Waals surface area contributed by atoms with Gasteiger partial charge in [0.2, 0.25) is 0 Å². The molecular weight excluding hydrogens is 302 g/mol. The van der Waals surface area contributed by atoms with Gasteiger partial charge in [-0.1, -0.05) is 6.92 Å². The lowest BCUT2D eigenvalue weighted by atomic mass is 9.84. The van der Waals surface area contributed by atoms with Crippen LogP contribution in [0.5, 0.6) is 0 Å². The number of sulfone groups is 1. The van der Waals surface area contributed by atoms with Crippen molar-refractivity contribution in [1.29, 1.82) is 0 Å². The van der Waals surface area contributed by atoms with Crippen molar-refractivity contribution in [3.8, 4) is 0 Å². The van der Waals surface area contributed by atoms with Gasteiger partial charge >= 0.3 is 6.03 Å². The van der Waals surface area contributed by atoms with Crippen LogP contribution < -0.4 is 4.90 Å². The van der Waals surface area contributed by atoms with Crippen molar-refractivity contribution in [2.24, 2.45) is 5.41 Å². The maximum Gasteiger partial charge on any atom is 0.325 e. The molecule has 0 bridgehead atoms. The van der Waals surface area contributed by atoms with Crippen molar-refractivity contribution in [3.05, 3.63) is 23.4 Å². The molecule has 1 aromatic rings.